The molecular formula is C21H16N2O3S. The number of para-hydroxylation sites is 1. The van der Waals surface area contributed by atoms with E-state index in [0.29, 0.717) is 5.69 Å². The number of nitrogens with one attached hydrogen (secondary N) is 1. The fourth-order valence-corrected chi connectivity index (χ4v) is 3.54. The minimum Gasteiger partial charge on any atom is -0.456 e. The summed E-state index contributed by atoms with van der Waals surface area (Å²) < 4.78 is 32.6. The first-order chi connectivity index (χ1) is 13.1. The van der Waals surface area contributed by atoms with Gasteiger partial charge in [0.15, 0.2) is 0 Å². The normalized spacial score (nSPS) is 11.9. The number of hydrogen-bond acceptors (Lipinski definition) is 4. The van der Waals surface area contributed by atoms with E-state index in [1.807, 2.05) is 54.6 Å². The number of fused-ring (bicyclic) bond motifs is 1. The van der Waals surface area contributed by atoms with Crippen molar-refractivity contribution in [2.75, 3.05) is 4.72 Å². The highest BCUT2D eigenvalue weighted by atomic mass is 32.2. The van der Waals surface area contributed by atoms with Crippen LogP contribution in [0, 0.1) is 0 Å². The highest BCUT2D eigenvalue weighted by Crippen LogP contribution is 2.28. The minimum atomic E-state index is -3.59. The Morgan fingerprint density at radius 1 is 0.926 bits per heavy atom. The molecule has 0 saturated heterocycles. The summed E-state index contributed by atoms with van der Waals surface area (Å²) in [6.07, 6.45) is 4.60. The molecular weight excluding hydrogens is 360 g/mol. The van der Waals surface area contributed by atoms with Crippen LogP contribution in [0.25, 0.3) is 28.4 Å². The zero-order valence-corrected chi connectivity index (χ0v) is 15.1. The van der Waals surface area contributed by atoms with Crippen molar-refractivity contribution < 1.29 is 12.8 Å². The molecule has 0 amide bonds. The predicted molar refractivity (Wildman–Crippen MR) is 107 cm³/mol. The second kappa shape index (κ2) is 7.09. The van der Waals surface area contributed by atoms with Gasteiger partial charge >= 0.3 is 0 Å². The lowest BCUT2D eigenvalue weighted by atomic mass is 10.1. The fourth-order valence-electron chi connectivity index (χ4n) is 2.67. The van der Waals surface area contributed by atoms with E-state index >= 15 is 0 Å². The number of pyridine rings is 1. The average molecular weight is 376 g/mol. The molecule has 0 aliphatic heterocycles. The highest BCUT2D eigenvalue weighted by molar-refractivity contribution is 7.95. The topological polar surface area (TPSA) is 72.2 Å². The van der Waals surface area contributed by atoms with E-state index in [2.05, 4.69) is 9.71 Å². The zero-order valence-electron chi connectivity index (χ0n) is 14.2. The van der Waals surface area contributed by atoms with Crippen LogP contribution in [-0.4, -0.2) is 13.4 Å². The van der Waals surface area contributed by atoms with Crippen molar-refractivity contribution in [3.05, 3.63) is 90.1 Å². The second-order valence-corrected chi connectivity index (χ2v) is 7.52. The quantitative estimate of drug-likeness (QED) is 0.537. The summed E-state index contributed by atoms with van der Waals surface area (Å²) in [5, 5.41) is 2.19. The maximum absolute atomic E-state index is 12.1. The Labute approximate surface area is 157 Å². The number of anilines is 1. The van der Waals surface area contributed by atoms with E-state index in [1.165, 1.54) is 12.4 Å². The Balaban J connectivity index is 1.51. The lowest BCUT2D eigenvalue weighted by Gasteiger charge is -2.03. The molecule has 2 aromatic heterocycles. The molecule has 2 heterocycles. The maximum atomic E-state index is 12.1. The lowest BCUT2D eigenvalue weighted by molar-refractivity contribution is 0.609. The van der Waals surface area contributed by atoms with Crippen LogP contribution < -0.4 is 4.72 Å². The van der Waals surface area contributed by atoms with Gasteiger partial charge in [-0.3, -0.25) is 9.71 Å². The van der Waals surface area contributed by atoms with Gasteiger partial charge < -0.3 is 4.42 Å². The molecule has 5 nitrogen and oxygen atoms in total. The SMILES string of the molecule is O=S(=O)(/C=C/c1ccc(-c2cc3ccccc3o2)cc1)Nc1ccncc1. The summed E-state index contributed by atoms with van der Waals surface area (Å²) in [7, 11) is -3.59. The molecule has 0 bridgehead atoms. The Hall–Kier alpha value is -3.38. The number of nitrogens with zero attached hydrogens (tertiary/aromatic N) is 1. The van der Waals surface area contributed by atoms with Gasteiger partial charge in [-0.25, -0.2) is 8.42 Å². The minimum absolute atomic E-state index is 0.467. The number of benzene rings is 2. The largest absolute Gasteiger partial charge is 0.456 e. The monoisotopic (exact) mass is 376 g/mol. The molecule has 27 heavy (non-hydrogen) atoms. The van der Waals surface area contributed by atoms with Crippen molar-refractivity contribution in [1.29, 1.82) is 0 Å². The summed E-state index contributed by atoms with van der Waals surface area (Å²) in [5.74, 6) is 0.777. The van der Waals surface area contributed by atoms with E-state index in [4.69, 9.17) is 4.42 Å². The van der Waals surface area contributed by atoms with Gasteiger partial charge in [0, 0.05) is 23.3 Å². The van der Waals surface area contributed by atoms with Crippen molar-refractivity contribution >= 4 is 32.8 Å². The molecule has 2 aromatic carbocycles. The third-order valence-corrected chi connectivity index (χ3v) is 5.02. The third-order valence-electron chi connectivity index (χ3n) is 4.00. The van der Waals surface area contributed by atoms with Crippen LogP contribution in [0.3, 0.4) is 0 Å². The van der Waals surface area contributed by atoms with Crippen LogP contribution in [0.15, 0.2) is 88.9 Å². The Morgan fingerprint density at radius 2 is 1.67 bits per heavy atom. The van der Waals surface area contributed by atoms with Gasteiger partial charge in [0.1, 0.15) is 11.3 Å². The Bertz CT molecular complexity index is 1160. The number of furan rings is 1. The van der Waals surface area contributed by atoms with Gasteiger partial charge in [-0.2, -0.15) is 0 Å². The van der Waals surface area contributed by atoms with Gasteiger partial charge in [-0.15, -0.1) is 0 Å². The summed E-state index contributed by atoms with van der Waals surface area (Å²) >= 11 is 0. The number of hydrogen-bond donors (Lipinski definition) is 1. The van der Waals surface area contributed by atoms with E-state index in [-0.39, 0.29) is 0 Å². The van der Waals surface area contributed by atoms with Crippen LogP contribution in [0.4, 0.5) is 5.69 Å². The first-order valence-corrected chi connectivity index (χ1v) is 9.84. The van der Waals surface area contributed by atoms with Crippen LogP contribution in [0.5, 0.6) is 0 Å². The number of rotatable bonds is 5. The van der Waals surface area contributed by atoms with E-state index in [0.717, 1.165) is 33.3 Å². The van der Waals surface area contributed by atoms with Crippen LogP contribution in [0.1, 0.15) is 5.56 Å². The Morgan fingerprint density at radius 3 is 2.41 bits per heavy atom. The van der Waals surface area contributed by atoms with E-state index < -0.39 is 10.0 Å². The van der Waals surface area contributed by atoms with Gasteiger partial charge in [0.05, 0.1) is 11.1 Å². The summed E-state index contributed by atoms with van der Waals surface area (Å²) in [5.41, 5.74) is 3.01. The zero-order chi connectivity index (χ0) is 18.7. The molecule has 0 atom stereocenters. The summed E-state index contributed by atoms with van der Waals surface area (Å²) in [4.78, 5) is 3.86. The third kappa shape index (κ3) is 4.07. The first kappa shape index (κ1) is 17.1. The number of sulfonamides is 1. The van der Waals surface area contributed by atoms with Crippen molar-refractivity contribution in [2.24, 2.45) is 0 Å². The molecule has 0 aliphatic rings. The van der Waals surface area contributed by atoms with Crippen molar-refractivity contribution in [3.63, 3.8) is 0 Å². The van der Waals surface area contributed by atoms with E-state index in [9.17, 15) is 8.42 Å². The molecule has 4 rings (SSSR count). The Kier molecular flexibility index (Phi) is 4.48. The highest BCUT2D eigenvalue weighted by Gasteiger charge is 2.07. The summed E-state index contributed by atoms with van der Waals surface area (Å²) in [6, 6.07) is 20.5. The molecule has 0 aliphatic carbocycles. The molecule has 0 unspecified atom stereocenters. The molecule has 0 fully saturated rings. The predicted octanol–water partition coefficient (Wildman–Crippen LogP) is 4.91. The smallest absolute Gasteiger partial charge is 0.255 e. The second-order valence-electron chi connectivity index (χ2n) is 5.96. The fraction of sp³-hybridized carbons (Fsp3) is 0. The summed E-state index contributed by atoms with van der Waals surface area (Å²) in [6.45, 7) is 0. The van der Waals surface area contributed by atoms with Gasteiger partial charge in [0.25, 0.3) is 10.0 Å². The molecule has 0 saturated carbocycles. The van der Waals surface area contributed by atoms with Crippen molar-refractivity contribution in [1.82, 2.24) is 4.98 Å². The molecule has 6 heteroatoms. The van der Waals surface area contributed by atoms with Gasteiger partial charge in [0.2, 0.25) is 0 Å². The standard InChI is InChI=1S/C21H16N2O3S/c24-27(25,23-19-9-12-22-13-10-19)14-11-16-5-7-17(8-6-16)21-15-18-3-1-2-4-20(18)26-21/h1-15H,(H,22,23)/b14-11+. The van der Waals surface area contributed by atoms with E-state index in [1.54, 1.807) is 18.2 Å². The van der Waals surface area contributed by atoms with Crippen LogP contribution in [0.2, 0.25) is 0 Å². The lowest BCUT2D eigenvalue weighted by Crippen LogP contribution is -2.08. The molecule has 0 radical (unpaired) electrons. The van der Waals surface area contributed by atoms with Crippen molar-refractivity contribution in [2.45, 2.75) is 0 Å². The molecule has 1 N–H and O–H groups in total. The van der Waals surface area contributed by atoms with Crippen molar-refractivity contribution in [3.8, 4) is 11.3 Å². The van der Waals surface area contributed by atoms with Gasteiger partial charge in [-0.1, -0.05) is 42.5 Å². The van der Waals surface area contributed by atoms with Crippen LogP contribution in [-0.2, 0) is 10.0 Å². The maximum Gasteiger partial charge on any atom is 0.255 e. The number of aromatic nitrogens is 1. The molecule has 0 spiro atoms. The molecule has 4 aromatic rings. The molecule has 134 valence electrons. The van der Waals surface area contributed by atoms with Gasteiger partial charge in [-0.05, 0) is 35.9 Å². The van der Waals surface area contributed by atoms with Crippen LogP contribution >= 0.6 is 0 Å². The average Bonchev–Trinajstić information content (AvgIpc) is 3.12. The first-order valence-electron chi connectivity index (χ1n) is 8.29.